The van der Waals surface area contributed by atoms with Gasteiger partial charge in [0.05, 0.1) is 5.54 Å². The summed E-state index contributed by atoms with van der Waals surface area (Å²) in [6, 6.07) is -0.315. The Morgan fingerprint density at radius 3 is 2.78 bits per heavy atom. The van der Waals surface area contributed by atoms with Gasteiger partial charge in [-0.15, -0.1) is 0 Å². The van der Waals surface area contributed by atoms with Gasteiger partial charge in [-0.25, -0.2) is 4.99 Å². The predicted octanol–water partition coefficient (Wildman–Crippen LogP) is 0.705. The summed E-state index contributed by atoms with van der Waals surface area (Å²) in [5.41, 5.74) is 0.142. The van der Waals surface area contributed by atoms with Gasteiger partial charge >= 0.3 is 0 Å². The number of carbonyl (C=O) groups is 1. The molecule has 2 heterocycles. The van der Waals surface area contributed by atoms with Gasteiger partial charge in [-0.05, 0) is 19.8 Å². The first kappa shape index (κ1) is 13.7. The third-order valence-electron chi connectivity index (χ3n) is 3.42. The Morgan fingerprint density at radius 1 is 1.50 bits per heavy atom. The number of ether oxygens (including phenoxy) is 1. The number of hydrogen-bond acceptors (Lipinski definition) is 4. The van der Waals surface area contributed by atoms with Gasteiger partial charge in [0.15, 0.2) is 5.17 Å². The average molecular weight is 271 g/mol. The van der Waals surface area contributed by atoms with E-state index in [-0.39, 0.29) is 17.5 Å². The molecule has 0 radical (unpaired) electrons. The van der Waals surface area contributed by atoms with Gasteiger partial charge in [0, 0.05) is 33.1 Å². The number of amidine groups is 1. The van der Waals surface area contributed by atoms with E-state index in [4.69, 9.17) is 4.74 Å². The Bertz CT molecular complexity index is 351. The smallest absolute Gasteiger partial charge is 0.246 e. The lowest BCUT2D eigenvalue weighted by molar-refractivity contribution is -0.129. The largest absolute Gasteiger partial charge is 0.381 e. The van der Waals surface area contributed by atoms with Crippen molar-refractivity contribution in [1.29, 1.82) is 0 Å². The summed E-state index contributed by atoms with van der Waals surface area (Å²) in [4.78, 5) is 17.8. The molecule has 2 aliphatic rings. The standard InChI is InChI=1S/C12H21N3O2S/c1-9(10(16)15(2)3)13-11-14-12(8-18-11)4-6-17-7-5-12/h9H,4-8H2,1-3H3,(H,13,14). The highest BCUT2D eigenvalue weighted by molar-refractivity contribution is 8.14. The van der Waals surface area contributed by atoms with E-state index in [1.165, 1.54) is 0 Å². The third-order valence-corrected chi connectivity index (χ3v) is 4.59. The van der Waals surface area contributed by atoms with Crippen LogP contribution in [0.15, 0.2) is 4.99 Å². The highest BCUT2D eigenvalue weighted by Gasteiger charge is 2.38. The number of likely N-dealkylation sites (N-methyl/N-ethyl adjacent to an activating group) is 1. The molecule has 5 nitrogen and oxygen atoms in total. The van der Waals surface area contributed by atoms with Gasteiger partial charge in [-0.3, -0.25) is 4.79 Å². The van der Waals surface area contributed by atoms with E-state index in [1.54, 1.807) is 30.8 Å². The molecule has 0 bridgehead atoms. The van der Waals surface area contributed by atoms with E-state index < -0.39 is 0 Å². The Labute approximate surface area is 112 Å². The molecule has 2 saturated heterocycles. The quantitative estimate of drug-likeness (QED) is 0.803. The maximum Gasteiger partial charge on any atom is 0.246 e. The molecule has 1 unspecified atom stereocenters. The minimum atomic E-state index is -0.315. The summed E-state index contributed by atoms with van der Waals surface area (Å²) in [5.74, 6) is 1.07. The zero-order valence-electron chi connectivity index (χ0n) is 11.2. The van der Waals surface area contributed by atoms with E-state index in [1.807, 2.05) is 6.92 Å². The molecule has 0 saturated carbocycles. The van der Waals surface area contributed by atoms with E-state index in [0.29, 0.717) is 0 Å². The molecular weight excluding hydrogens is 250 g/mol. The molecular formula is C12H21N3O2S. The van der Waals surface area contributed by atoms with E-state index in [9.17, 15) is 4.79 Å². The fourth-order valence-electron chi connectivity index (χ4n) is 2.21. The highest BCUT2D eigenvalue weighted by atomic mass is 32.2. The molecule has 2 rings (SSSR count). The summed E-state index contributed by atoms with van der Waals surface area (Å²) < 4.78 is 5.39. The summed E-state index contributed by atoms with van der Waals surface area (Å²) >= 11 is 1.72. The lowest BCUT2D eigenvalue weighted by Crippen LogP contribution is -2.48. The first-order valence-corrected chi connectivity index (χ1v) is 7.29. The SMILES string of the molecule is CC(N=C1NC2(CCOCC2)CS1)C(=O)N(C)C. The Hall–Kier alpha value is -0.750. The fourth-order valence-corrected chi connectivity index (χ4v) is 3.51. The molecule has 1 amide bonds. The minimum Gasteiger partial charge on any atom is -0.381 e. The molecule has 1 spiro atoms. The number of hydrogen-bond donors (Lipinski definition) is 1. The van der Waals surface area contributed by atoms with Crippen molar-refractivity contribution in [1.82, 2.24) is 10.2 Å². The zero-order chi connectivity index (χ0) is 13.2. The normalized spacial score (nSPS) is 26.1. The van der Waals surface area contributed by atoms with Gasteiger partial charge < -0.3 is 15.0 Å². The van der Waals surface area contributed by atoms with Crippen molar-refractivity contribution in [2.24, 2.45) is 4.99 Å². The Kier molecular flexibility index (Phi) is 4.17. The zero-order valence-corrected chi connectivity index (χ0v) is 12.0. The van der Waals surface area contributed by atoms with Crippen molar-refractivity contribution in [2.75, 3.05) is 33.1 Å². The van der Waals surface area contributed by atoms with Crippen LogP contribution in [0.2, 0.25) is 0 Å². The Balaban J connectivity index is 1.97. The number of aliphatic imine (C=N–C) groups is 1. The average Bonchev–Trinajstić information content (AvgIpc) is 2.71. The van der Waals surface area contributed by atoms with Crippen LogP contribution in [-0.4, -0.2) is 60.6 Å². The van der Waals surface area contributed by atoms with Crippen molar-refractivity contribution in [3.05, 3.63) is 0 Å². The summed E-state index contributed by atoms with van der Waals surface area (Å²) in [5, 5.41) is 4.40. The van der Waals surface area contributed by atoms with Crippen molar-refractivity contribution < 1.29 is 9.53 Å². The summed E-state index contributed by atoms with van der Waals surface area (Å²) in [6.45, 7) is 3.46. The molecule has 0 aromatic heterocycles. The molecule has 18 heavy (non-hydrogen) atoms. The molecule has 0 aliphatic carbocycles. The van der Waals surface area contributed by atoms with Crippen molar-refractivity contribution >= 4 is 22.8 Å². The van der Waals surface area contributed by atoms with Gasteiger partial charge in [-0.1, -0.05) is 11.8 Å². The summed E-state index contributed by atoms with van der Waals surface area (Å²) in [6.07, 6.45) is 2.05. The molecule has 0 aromatic rings. The highest BCUT2D eigenvalue weighted by Crippen LogP contribution is 2.31. The van der Waals surface area contributed by atoms with Crippen LogP contribution in [-0.2, 0) is 9.53 Å². The van der Waals surface area contributed by atoms with Crippen LogP contribution >= 0.6 is 11.8 Å². The number of amides is 1. The minimum absolute atomic E-state index is 0.0397. The van der Waals surface area contributed by atoms with Gasteiger partial charge in [0.25, 0.3) is 0 Å². The first-order valence-electron chi connectivity index (χ1n) is 6.30. The fraction of sp³-hybridized carbons (Fsp3) is 0.833. The lowest BCUT2D eigenvalue weighted by Gasteiger charge is -2.32. The van der Waals surface area contributed by atoms with Crippen LogP contribution in [0, 0.1) is 0 Å². The summed E-state index contributed by atoms with van der Waals surface area (Å²) in [7, 11) is 3.52. The first-order chi connectivity index (χ1) is 8.52. The molecule has 0 aromatic carbocycles. The topological polar surface area (TPSA) is 53.9 Å². The third kappa shape index (κ3) is 2.98. The van der Waals surface area contributed by atoms with Crippen LogP contribution in [0.3, 0.4) is 0 Å². The molecule has 102 valence electrons. The van der Waals surface area contributed by atoms with E-state index in [0.717, 1.165) is 37.0 Å². The van der Waals surface area contributed by atoms with Gasteiger partial charge in [0.2, 0.25) is 5.91 Å². The van der Waals surface area contributed by atoms with Gasteiger partial charge in [0.1, 0.15) is 6.04 Å². The second kappa shape index (κ2) is 5.48. The van der Waals surface area contributed by atoms with Crippen molar-refractivity contribution in [3.63, 3.8) is 0 Å². The maximum absolute atomic E-state index is 11.8. The Morgan fingerprint density at radius 2 is 2.17 bits per heavy atom. The van der Waals surface area contributed by atoms with E-state index in [2.05, 4.69) is 10.3 Å². The molecule has 1 N–H and O–H groups in total. The second-order valence-electron chi connectivity index (χ2n) is 5.15. The van der Waals surface area contributed by atoms with Crippen LogP contribution in [0.4, 0.5) is 0 Å². The molecule has 6 heteroatoms. The van der Waals surface area contributed by atoms with Gasteiger partial charge in [-0.2, -0.15) is 0 Å². The predicted molar refractivity (Wildman–Crippen MR) is 74.0 cm³/mol. The van der Waals surface area contributed by atoms with Crippen molar-refractivity contribution in [2.45, 2.75) is 31.3 Å². The molecule has 2 fully saturated rings. The number of nitrogens with zero attached hydrogens (tertiary/aromatic N) is 2. The molecule has 1 atom stereocenters. The van der Waals surface area contributed by atoms with Crippen LogP contribution in [0.1, 0.15) is 19.8 Å². The van der Waals surface area contributed by atoms with Crippen LogP contribution in [0.25, 0.3) is 0 Å². The number of rotatable bonds is 2. The van der Waals surface area contributed by atoms with Crippen molar-refractivity contribution in [3.8, 4) is 0 Å². The van der Waals surface area contributed by atoms with Crippen LogP contribution in [0.5, 0.6) is 0 Å². The van der Waals surface area contributed by atoms with Crippen LogP contribution < -0.4 is 5.32 Å². The maximum atomic E-state index is 11.8. The lowest BCUT2D eigenvalue weighted by atomic mass is 9.93. The second-order valence-corrected chi connectivity index (χ2v) is 6.11. The monoisotopic (exact) mass is 271 g/mol. The van der Waals surface area contributed by atoms with E-state index >= 15 is 0 Å². The number of carbonyl (C=O) groups excluding carboxylic acids is 1. The molecule has 2 aliphatic heterocycles. The number of nitrogens with one attached hydrogen (secondary N) is 1. The number of thioether (sulfide) groups is 1.